The van der Waals surface area contributed by atoms with Gasteiger partial charge in [-0.05, 0) is 6.08 Å². The topological polar surface area (TPSA) is 112 Å². The van der Waals surface area contributed by atoms with Gasteiger partial charge in [0.05, 0.1) is 5.57 Å². The summed E-state index contributed by atoms with van der Waals surface area (Å²) >= 11 is 0. The minimum atomic E-state index is -1.67. The molecule has 70 valence electrons. The zero-order valence-corrected chi connectivity index (χ0v) is 6.30. The number of hydrogen-bond acceptors (Lipinski definition) is 4. The van der Waals surface area contributed by atoms with Gasteiger partial charge in [-0.1, -0.05) is 0 Å². The Hall–Kier alpha value is -2.11. The largest absolute Gasteiger partial charge is 0.502 e. The Morgan fingerprint density at radius 3 is 1.85 bits per heavy atom. The van der Waals surface area contributed by atoms with Gasteiger partial charge in [-0.3, -0.25) is 4.79 Å². The van der Waals surface area contributed by atoms with Crippen molar-refractivity contribution in [2.45, 2.75) is 0 Å². The summed E-state index contributed by atoms with van der Waals surface area (Å²) in [7, 11) is 0. The molecule has 6 heteroatoms. The number of aldehydes is 1. The van der Waals surface area contributed by atoms with Crippen molar-refractivity contribution < 1.29 is 29.7 Å². The predicted molar refractivity (Wildman–Crippen MR) is 40.1 cm³/mol. The van der Waals surface area contributed by atoms with Crippen molar-refractivity contribution in [2.24, 2.45) is 0 Å². The van der Waals surface area contributed by atoms with Crippen LogP contribution in [0.15, 0.2) is 23.5 Å². The molecule has 0 amide bonds. The van der Waals surface area contributed by atoms with Crippen molar-refractivity contribution in [3.8, 4) is 0 Å². The summed E-state index contributed by atoms with van der Waals surface area (Å²) in [4.78, 5) is 30.2. The molecule has 0 aromatic carbocycles. The first kappa shape index (κ1) is 10.9. The third-order valence-corrected chi connectivity index (χ3v) is 1.01. The highest BCUT2D eigenvalue weighted by Gasteiger charge is 2.09. The molecule has 0 heterocycles. The average molecular weight is 186 g/mol. The summed E-state index contributed by atoms with van der Waals surface area (Å²) in [6, 6.07) is 0. The van der Waals surface area contributed by atoms with Crippen LogP contribution in [0.4, 0.5) is 0 Å². The molecular formula is C7H6O6. The van der Waals surface area contributed by atoms with E-state index in [1.165, 1.54) is 0 Å². The predicted octanol–water partition coefficient (Wildman–Crippen LogP) is -0.277. The highest BCUT2D eigenvalue weighted by atomic mass is 16.4. The maximum Gasteiger partial charge on any atom is 0.370 e. The SMILES string of the molecule is O=CC=C(/C=C(/O)C(=O)O)C(=O)O. The van der Waals surface area contributed by atoms with Crippen LogP contribution in [0.2, 0.25) is 0 Å². The molecular weight excluding hydrogens is 180 g/mol. The van der Waals surface area contributed by atoms with Crippen molar-refractivity contribution in [1.29, 1.82) is 0 Å². The zero-order chi connectivity index (χ0) is 10.4. The second kappa shape index (κ2) is 4.70. The van der Waals surface area contributed by atoms with Gasteiger partial charge < -0.3 is 15.3 Å². The number of aliphatic hydroxyl groups is 1. The van der Waals surface area contributed by atoms with E-state index in [4.69, 9.17) is 15.3 Å². The van der Waals surface area contributed by atoms with Gasteiger partial charge in [0.15, 0.2) is 0 Å². The lowest BCUT2D eigenvalue weighted by Gasteiger charge is -1.93. The molecule has 0 atom stereocenters. The number of allylic oxidation sites excluding steroid dienone is 1. The monoisotopic (exact) mass is 186 g/mol. The maximum absolute atomic E-state index is 10.3. The van der Waals surface area contributed by atoms with Crippen LogP contribution >= 0.6 is 0 Å². The van der Waals surface area contributed by atoms with E-state index in [2.05, 4.69) is 0 Å². The van der Waals surface area contributed by atoms with Crippen LogP contribution in [0, 0.1) is 0 Å². The lowest BCUT2D eigenvalue weighted by Crippen LogP contribution is -2.04. The van der Waals surface area contributed by atoms with Crippen LogP contribution in [0.25, 0.3) is 0 Å². The smallest absolute Gasteiger partial charge is 0.370 e. The van der Waals surface area contributed by atoms with Gasteiger partial charge in [-0.25, -0.2) is 9.59 Å². The van der Waals surface area contributed by atoms with Crippen LogP contribution in [0.1, 0.15) is 0 Å². The van der Waals surface area contributed by atoms with Gasteiger partial charge >= 0.3 is 11.9 Å². The fourth-order valence-electron chi connectivity index (χ4n) is 0.463. The molecule has 0 saturated heterocycles. The molecule has 3 N–H and O–H groups in total. The van der Waals surface area contributed by atoms with Gasteiger partial charge in [0.2, 0.25) is 5.76 Å². The van der Waals surface area contributed by atoms with E-state index in [0.29, 0.717) is 12.2 Å². The van der Waals surface area contributed by atoms with Crippen molar-refractivity contribution in [2.75, 3.05) is 0 Å². The van der Waals surface area contributed by atoms with Crippen LogP contribution in [-0.4, -0.2) is 33.5 Å². The first-order valence-electron chi connectivity index (χ1n) is 3.01. The summed E-state index contributed by atoms with van der Waals surface area (Å²) in [6.07, 6.45) is 1.27. The van der Waals surface area contributed by atoms with Crippen molar-refractivity contribution >= 4 is 18.2 Å². The van der Waals surface area contributed by atoms with Crippen LogP contribution in [-0.2, 0) is 14.4 Å². The fourth-order valence-corrected chi connectivity index (χ4v) is 0.463. The first-order valence-corrected chi connectivity index (χ1v) is 3.01. The molecule has 0 unspecified atom stereocenters. The minimum absolute atomic E-state index is 0.176. The molecule has 0 radical (unpaired) electrons. The van der Waals surface area contributed by atoms with Crippen LogP contribution < -0.4 is 0 Å². The summed E-state index contributed by atoms with van der Waals surface area (Å²) in [5.41, 5.74) is -0.602. The van der Waals surface area contributed by atoms with E-state index < -0.39 is 23.3 Å². The molecule has 0 aliphatic heterocycles. The van der Waals surface area contributed by atoms with Gasteiger partial charge in [0.1, 0.15) is 6.29 Å². The lowest BCUT2D eigenvalue weighted by molar-refractivity contribution is -0.135. The Balaban J connectivity index is 4.91. The molecule has 0 aromatic rings. The van der Waals surface area contributed by atoms with E-state index in [1.54, 1.807) is 0 Å². The van der Waals surface area contributed by atoms with Gasteiger partial charge in [0.25, 0.3) is 0 Å². The third kappa shape index (κ3) is 3.71. The minimum Gasteiger partial charge on any atom is -0.502 e. The Bertz CT molecular complexity index is 298. The van der Waals surface area contributed by atoms with Gasteiger partial charge in [-0.15, -0.1) is 0 Å². The Morgan fingerprint density at radius 1 is 1.00 bits per heavy atom. The number of aliphatic hydroxyl groups excluding tert-OH is 1. The van der Waals surface area contributed by atoms with Crippen molar-refractivity contribution in [3.63, 3.8) is 0 Å². The van der Waals surface area contributed by atoms with E-state index in [-0.39, 0.29) is 6.29 Å². The highest BCUT2D eigenvalue weighted by Crippen LogP contribution is 2.00. The second-order valence-corrected chi connectivity index (χ2v) is 1.90. The number of carbonyl (C=O) groups excluding carboxylic acids is 1. The molecule has 0 saturated carbocycles. The molecule has 0 fully saturated rings. The standard InChI is InChI=1S/C7H6O6/c8-2-1-4(6(10)11)3-5(9)7(12)13/h1-3,9H,(H,10,11)(H,12,13)/b4-1?,5-3+. The molecule has 0 aliphatic rings. The quantitative estimate of drug-likeness (QED) is 0.241. The maximum atomic E-state index is 10.3. The van der Waals surface area contributed by atoms with Gasteiger partial charge in [0, 0.05) is 6.08 Å². The van der Waals surface area contributed by atoms with Crippen molar-refractivity contribution in [1.82, 2.24) is 0 Å². The van der Waals surface area contributed by atoms with E-state index >= 15 is 0 Å². The fraction of sp³-hybridized carbons (Fsp3) is 0. The van der Waals surface area contributed by atoms with Gasteiger partial charge in [-0.2, -0.15) is 0 Å². The first-order chi connectivity index (χ1) is 5.99. The highest BCUT2D eigenvalue weighted by molar-refractivity contribution is 5.96. The molecule has 6 nitrogen and oxygen atoms in total. The zero-order valence-electron chi connectivity index (χ0n) is 6.30. The molecule has 0 rings (SSSR count). The number of hydrogen-bond donors (Lipinski definition) is 3. The molecule has 0 aliphatic carbocycles. The normalized spacial score (nSPS) is 12.3. The number of carboxylic acid groups (broad SMARTS) is 2. The molecule has 0 aromatic heterocycles. The summed E-state index contributed by atoms with van der Waals surface area (Å²) < 4.78 is 0. The average Bonchev–Trinajstić information content (AvgIpc) is 2.03. The summed E-state index contributed by atoms with van der Waals surface area (Å²) in [5, 5.41) is 25.1. The summed E-state index contributed by atoms with van der Waals surface area (Å²) in [6.45, 7) is 0. The van der Waals surface area contributed by atoms with E-state index in [0.717, 1.165) is 0 Å². The molecule has 0 spiro atoms. The van der Waals surface area contributed by atoms with E-state index in [1.807, 2.05) is 0 Å². The van der Waals surface area contributed by atoms with Crippen molar-refractivity contribution in [3.05, 3.63) is 23.5 Å². The number of carboxylic acids is 2. The summed E-state index contributed by atoms with van der Waals surface area (Å²) in [5.74, 6) is -4.31. The number of rotatable bonds is 4. The lowest BCUT2D eigenvalue weighted by atomic mass is 10.2. The van der Waals surface area contributed by atoms with Crippen LogP contribution in [0.5, 0.6) is 0 Å². The second-order valence-electron chi connectivity index (χ2n) is 1.90. The Labute approximate surface area is 72.4 Å². The Morgan fingerprint density at radius 2 is 1.54 bits per heavy atom. The Kier molecular flexibility index (Phi) is 3.94. The number of carbonyl (C=O) groups is 3. The molecule has 0 bridgehead atoms. The molecule has 13 heavy (non-hydrogen) atoms. The van der Waals surface area contributed by atoms with E-state index in [9.17, 15) is 14.4 Å². The van der Waals surface area contributed by atoms with Crippen LogP contribution in [0.3, 0.4) is 0 Å². The third-order valence-electron chi connectivity index (χ3n) is 1.01. The number of aliphatic carboxylic acids is 2.